The van der Waals surface area contributed by atoms with Crippen LogP contribution in [0.5, 0.6) is 0 Å². The van der Waals surface area contributed by atoms with Crippen LogP contribution in [0.4, 0.5) is 4.39 Å². The molecule has 0 spiro atoms. The van der Waals surface area contributed by atoms with Gasteiger partial charge in [0.2, 0.25) is 11.8 Å². The Morgan fingerprint density at radius 1 is 0.968 bits per heavy atom. The molecule has 0 N–H and O–H groups in total. The summed E-state index contributed by atoms with van der Waals surface area (Å²) in [6, 6.07) is 6.06. The second kappa shape index (κ2) is 10.00. The lowest BCUT2D eigenvalue weighted by atomic mass is 10.1. The normalized spacial score (nSPS) is 17.7. The summed E-state index contributed by atoms with van der Waals surface area (Å²) >= 11 is 0. The van der Waals surface area contributed by atoms with E-state index in [1.54, 1.807) is 17.0 Å². The van der Waals surface area contributed by atoms with E-state index in [0.29, 0.717) is 57.3 Å². The molecule has 0 bridgehead atoms. The largest absolute Gasteiger partial charge is 0.343 e. The monoisotopic (exact) mass is 429 g/mol. The Labute approximate surface area is 181 Å². The van der Waals surface area contributed by atoms with Crippen LogP contribution in [0.3, 0.4) is 0 Å². The number of aryl methyl sites for hydroxylation is 1. The average Bonchev–Trinajstić information content (AvgIpc) is 3.25. The first-order valence-corrected chi connectivity index (χ1v) is 11.0. The predicted octanol–water partition coefficient (Wildman–Crippen LogP) is 2.11. The summed E-state index contributed by atoms with van der Waals surface area (Å²) in [6.07, 6.45) is 4.19. The Morgan fingerprint density at radius 2 is 1.71 bits per heavy atom. The standard InChI is InChI=1S/C22H28FN5O3/c23-18-7-3-2-6-17(18)22(30)28-14-12-26(13-15-28)16-19-24-20(31-25-19)8-9-21(29)27-10-4-1-5-11-27/h2-3,6-7H,1,4-5,8-16H2. The van der Waals surface area contributed by atoms with Crippen LogP contribution in [0.1, 0.15) is 47.8 Å². The van der Waals surface area contributed by atoms with Gasteiger partial charge in [-0.15, -0.1) is 0 Å². The van der Waals surface area contributed by atoms with Crippen LogP contribution in [0.15, 0.2) is 28.8 Å². The molecule has 2 aliphatic heterocycles. The van der Waals surface area contributed by atoms with Gasteiger partial charge in [-0.05, 0) is 31.4 Å². The van der Waals surface area contributed by atoms with E-state index in [-0.39, 0.29) is 17.4 Å². The summed E-state index contributed by atoms with van der Waals surface area (Å²) in [5.74, 6) is 0.434. The molecule has 31 heavy (non-hydrogen) atoms. The number of carbonyl (C=O) groups is 2. The molecule has 2 aliphatic rings. The van der Waals surface area contributed by atoms with Gasteiger partial charge < -0.3 is 14.3 Å². The minimum absolute atomic E-state index is 0.109. The zero-order valence-corrected chi connectivity index (χ0v) is 17.6. The van der Waals surface area contributed by atoms with Crippen LogP contribution in [0.25, 0.3) is 0 Å². The Balaban J connectivity index is 1.22. The van der Waals surface area contributed by atoms with Crippen molar-refractivity contribution in [3.05, 3.63) is 47.4 Å². The molecule has 2 saturated heterocycles. The molecule has 1 aromatic carbocycles. The summed E-state index contributed by atoms with van der Waals surface area (Å²) in [5, 5.41) is 4.03. The molecule has 0 saturated carbocycles. The van der Waals surface area contributed by atoms with Crippen molar-refractivity contribution in [1.82, 2.24) is 24.8 Å². The van der Waals surface area contributed by atoms with Crippen LogP contribution in [0.2, 0.25) is 0 Å². The van der Waals surface area contributed by atoms with Crippen molar-refractivity contribution in [2.75, 3.05) is 39.3 Å². The number of hydrogen-bond donors (Lipinski definition) is 0. The Bertz CT molecular complexity index is 904. The number of carbonyl (C=O) groups excluding carboxylic acids is 2. The number of hydrogen-bond acceptors (Lipinski definition) is 6. The van der Waals surface area contributed by atoms with Crippen molar-refractivity contribution < 1.29 is 18.5 Å². The lowest BCUT2D eigenvalue weighted by Gasteiger charge is -2.34. The minimum Gasteiger partial charge on any atom is -0.343 e. The van der Waals surface area contributed by atoms with Crippen molar-refractivity contribution >= 4 is 11.8 Å². The van der Waals surface area contributed by atoms with Gasteiger partial charge in [-0.3, -0.25) is 14.5 Å². The second-order valence-electron chi connectivity index (χ2n) is 8.09. The number of piperazine rings is 1. The molecule has 0 unspecified atom stereocenters. The Hall–Kier alpha value is -2.81. The Morgan fingerprint density at radius 3 is 2.45 bits per heavy atom. The van der Waals surface area contributed by atoms with E-state index in [9.17, 15) is 14.0 Å². The topological polar surface area (TPSA) is 82.8 Å². The van der Waals surface area contributed by atoms with Gasteiger partial charge >= 0.3 is 0 Å². The number of piperidine rings is 1. The molecule has 0 radical (unpaired) electrons. The summed E-state index contributed by atoms with van der Waals surface area (Å²) in [4.78, 5) is 34.9. The highest BCUT2D eigenvalue weighted by molar-refractivity contribution is 5.94. The maximum Gasteiger partial charge on any atom is 0.256 e. The van der Waals surface area contributed by atoms with E-state index in [2.05, 4.69) is 15.0 Å². The molecule has 2 aromatic rings. The molecule has 9 heteroatoms. The van der Waals surface area contributed by atoms with Gasteiger partial charge in [-0.2, -0.15) is 4.98 Å². The van der Waals surface area contributed by atoms with Gasteiger partial charge in [0.1, 0.15) is 5.82 Å². The molecular weight excluding hydrogens is 401 g/mol. The average molecular weight is 429 g/mol. The van der Waals surface area contributed by atoms with E-state index < -0.39 is 5.82 Å². The number of nitrogens with zero attached hydrogens (tertiary/aromatic N) is 5. The summed E-state index contributed by atoms with van der Waals surface area (Å²) in [5.41, 5.74) is 0.109. The van der Waals surface area contributed by atoms with Gasteiger partial charge in [0, 0.05) is 52.1 Å². The number of halogens is 1. The zero-order chi connectivity index (χ0) is 21.6. The van der Waals surface area contributed by atoms with E-state index in [1.807, 2.05) is 4.90 Å². The smallest absolute Gasteiger partial charge is 0.256 e. The zero-order valence-electron chi connectivity index (χ0n) is 17.6. The quantitative estimate of drug-likeness (QED) is 0.700. The van der Waals surface area contributed by atoms with Crippen molar-refractivity contribution in [3.8, 4) is 0 Å². The third kappa shape index (κ3) is 5.46. The van der Waals surface area contributed by atoms with E-state index >= 15 is 0 Å². The highest BCUT2D eigenvalue weighted by Gasteiger charge is 2.25. The highest BCUT2D eigenvalue weighted by atomic mass is 19.1. The molecule has 0 atom stereocenters. The summed E-state index contributed by atoms with van der Waals surface area (Å²) < 4.78 is 19.2. The third-order valence-electron chi connectivity index (χ3n) is 5.90. The van der Waals surface area contributed by atoms with Crippen LogP contribution in [-0.4, -0.2) is 75.9 Å². The lowest BCUT2D eigenvalue weighted by Crippen LogP contribution is -2.48. The summed E-state index contributed by atoms with van der Waals surface area (Å²) in [7, 11) is 0. The number of benzene rings is 1. The number of rotatable bonds is 6. The molecule has 166 valence electrons. The predicted molar refractivity (Wildman–Crippen MR) is 111 cm³/mol. The SMILES string of the molecule is O=C(CCc1nc(CN2CCN(C(=O)c3ccccc3F)CC2)no1)N1CCCCC1. The molecule has 3 heterocycles. The first kappa shape index (κ1) is 21.4. The van der Waals surface area contributed by atoms with Crippen LogP contribution in [-0.2, 0) is 17.8 Å². The van der Waals surface area contributed by atoms with E-state index in [4.69, 9.17) is 4.52 Å². The van der Waals surface area contributed by atoms with Gasteiger partial charge in [-0.1, -0.05) is 17.3 Å². The molecule has 0 aliphatic carbocycles. The number of likely N-dealkylation sites (tertiary alicyclic amines) is 1. The lowest BCUT2D eigenvalue weighted by molar-refractivity contribution is -0.132. The maximum absolute atomic E-state index is 13.9. The van der Waals surface area contributed by atoms with Gasteiger partial charge in [0.05, 0.1) is 12.1 Å². The molecule has 2 fully saturated rings. The fourth-order valence-corrected chi connectivity index (χ4v) is 4.09. The first-order valence-electron chi connectivity index (χ1n) is 11.0. The molecule has 2 amide bonds. The minimum atomic E-state index is -0.493. The highest BCUT2D eigenvalue weighted by Crippen LogP contribution is 2.14. The van der Waals surface area contributed by atoms with Gasteiger partial charge in [0.15, 0.2) is 5.82 Å². The van der Waals surface area contributed by atoms with Crippen molar-refractivity contribution in [2.24, 2.45) is 0 Å². The van der Waals surface area contributed by atoms with E-state index in [0.717, 1.165) is 25.9 Å². The first-order chi connectivity index (χ1) is 15.1. The van der Waals surface area contributed by atoms with Crippen LogP contribution in [0, 0.1) is 5.82 Å². The van der Waals surface area contributed by atoms with Crippen LogP contribution >= 0.6 is 0 Å². The van der Waals surface area contributed by atoms with E-state index in [1.165, 1.54) is 18.6 Å². The number of amides is 2. The third-order valence-corrected chi connectivity index (χ3v) is 5.90. The van der Waals surface area contributed by atoms with Gasteiger partial charge in [0.25, 0.3) is 5.91 Å². The van der Waals surface area contributed by atoms with Crippen molar-refractivity contribution in [3.63, 3.8) is 0 Å². The molecule has 1 aromatic heterocycles. The Kier molecular flexibility index (Phi) is 6.91. The van der Waals surface area contributed by atoms with Gasteiger partial charge in [-0.25, -0.2) is 4.39 Å². The molecular formula is C22H28FN5O3. The fraction of sp³-hybridized carbons (Fsp3) is 0.545. The second-order valence-corrected chi connectivity index (χ2v) is 8.09. The molecule has 8 nitrogen and oxygen atoms in total. The maximum atomic E-state index is 13.9. The summed E-state index contributed by atoms with van der Waals surface area (Å²) in [6.45, 7) is 4.55. The van der Waals surface area contributed by atoms with Crippen molar-refractivity contribution in [1.29, 1.82) is 0 Å². The molecule has 4 rings (SSSR count). The van der Waals surface area contributed by atoms with Crippen molar-refractivity contribution in [2.45, 2.75) is 38.6 Å². The number of aromatic nitrogens is 2. The van der Waals surface area contributed by atoms with Crippen LogP contribution < -0.4 is 0 Å². The fourth-order valence-electron chi connectivity index (χ4n) is 4.09.